The molecule has 0 bridgehead atoms. The summed E-state index contributed by atoms with van der Waals surface area (Å²) in [6, 6.07) is 5.23. The van der Waals surface area contributed by atoms with Crippen molar-refractivity contribution in [3.8, 4) is 0 Å². The molecule has 0 amide bonds. The molecule has 0 aliphatic heterocycles. The minimum atomic E-state index is 0.0489. The van der Waals surface area contributed by atoms with Crippen molar-refractivity contribution in [3.05, 3.63) is 24.4 Å². The highest BCUT2D eigenvalue weighted by Gasteiger charge is 2.00. The van der Waals surface area contributed by atoms with Crippen LogP contribution >= 0.6 is 0 Å². The second kappa shape index (κ2) is 4.04. The molecule has 0 saturated carbocycles. The van der Waals surface area contributed by atoms with Gasteiger partial charge in [-0.05, 0) is 18.2 Å². The van der Waals surface area contributed by atoms with Crippen LogP contribution in [0.5, 0.6) is 0 Å². The van der Waals surface area contributed by atoms with Crippen LogP contribution in [-0.2, 0) is 11.3 Å². The fraction of sp³-hybridized carbons (Fsp3) is 0.200. The summed E-state index contributed by atoms with van der Waals surface area (Å²) in [7, 11) is 0. The number of fused-ring (bicyclic) bond motifs is 1. The van der Waals surface area contributed by atoms with Gasteiger partial charge in [-0.2, -0.15) is 10.1 Å². The van der Waals surface area contributed by atoms with E-state index in [-0.39, 0.29) is 6.61 Å². The van der Waals surface area contributed by atoms with Gasteiger partial charge in [-0.3, -0.25) is 4.68 Å². The minimum Gasteiger partial charge on any atom is -0.394 e. The van der Waals surface area contributed by atoms with Gasteiger partial charge in [0.05, 0.1) is 24.4 Å². The number of aliphatic imine (C=N–C) groups is 1. The SMILES string of the molecule is O=C=Nc1ccc2nn(CCO)cc2c1. The first-order valence-electron chi connectivity index (χ1n) is 4.49. The van der Waals surface area contributed by atoms with Crippen LogP contribution in [0.2, 0.25) is 0 Å². The Bertz CT molecular complexity index is 526. The Morgan fingerprint density at radius 1 is 1.53 bits per heavy atom. The number of aliphatic hydroxyl groups excluding tert-OH is 1. The fourth-order valence-electron chi connectivity index (χ4n) is 1.40. The average molecular weight is 203 g/mol. The monoisotopic (exact) mass is 203 g/mol. The van der Waals surface area contributed by atoms with Crippen molar-refractivity contribution >= 4 is 22.7 Å². The van der Waals surface area contributed by atoms with Crippen LogP contribution in [0.4, 0.5) is 5.69 Å². The van der Waals surface area contributed by atoms with Crippen LogP contribution in [0, 0.1) is 0 Å². The molecule has 0 atom stereocenters. The van der Waals surface area contributed by atoms with Crippen molar-refractivity contribution in [2.24, 2.45) is 4.99 Å². The molecule has 0 saturated heterocycles. The van der Waals surface area contributed by atoms with Gasteiger partial charge in [0.25, 0.3) is 0 Å². The van der Waals surface area contributed by atoms with Crippen molar-refractivity contribution < 1.29 is 9.90 Å². The molecule has 0 aliphatic carbocycles. The first-order chi connectivity index (χ1) is 7.33. The van der Waals surface area contributed by atoms with E-state index in [0.29, 0.717) is 12.2 Å². The standard InChI is InChI=1S/C10H9N3O2/c14-4-3-13-6-8-5-9(11-7-15)1-2-10(8)12-13/h1-2,5-6,14H,3-4H2. The predicted octanol–water partition coefficient (Wildman–Crippen LogP) is 0.996. The van der Waals surface area contributed by atoms with E-state index in [9.17, 15) is 4.79 Å². The van der Waals surface area contributed by atoms with E-state index >= 15 is 0 Å². The third-order valence-corrected chi connectivity index (χ3v) is 2.04. The van der Waals surface area contributed by atoms with E-state index in [2.05, 4.69) is 10.1 Å². The van der Waals surface area contributed by atoms with Crippen LogP contribution in [0.25, 0.3) is 10.9 Å². The van der Waals surface area contributed by atoms with Crippen LogP contribution < -0.4 is 0 Å². The summed E-state index contributed by atoms with van der Waals surface area (Å²) in [5.74, 6) is 0. The Hall–Kier alpha value is -1.97. The molecule has 1 aromatic heterocycles. The van der Waals surface area contributed by atoms with Crippen LogP contribution in [0.1, 0.15) is 0 Å². The molecule has 0 radical (unpaired) electrons. The predicted molar refractivity (Wildman–Crippen MR) is 54.6 cm³/mol. The topological polar surface area (TPSA) is 67.5 Å². The quantitative estimate of drug-likeness (QED) is 0.597. The summed E-state index contributed by atoms with van der Waals surface area (Å²) >= 11 is 0. The highest BCUT2D eigenvalue weighted by Crippen LogP contribution is 2.19. The Balaban J connectivity index is 2.47. The molecule has 0 fully saturated rings. The van der Waals surface area contributed by atoms with Crippen molar-refractivity contribution in [3.63, 3.8) is 0 Å². The number of hydrogen-bond donors (Lipinski definition) is 1. The van der Waals surface area contributed by atoms with Crippen molar-refractivity contribution in [1.29, 1.82) is 0 Å². The maximum Gasteiger partial charge on any atom is 0.240 e. The lowest BCUT2D eigenvalue weighted by Crippen LogP contribution is -2.01. The number of hydrogen-bond acceptors (Lipinski definition) is 4. The molecule has 5 heteroatoms. The second-order valence-corrected chi connectivity index (χ2v) is 3.06. The molecule has 2 aromatic rings. The molecule has 0 spiro atoms. The third kappa shape index (κ3) is 1.93. The zero-order valence-electron chi connectivity index (χ0n) is 7.92. The molecule has 1 aromatic carbocycles. The number of benzene rings is 1. The Labute approximate surface area is 85.7 Å². The van der Waals surface area contributed by atoms with Gasteiger partial charge in [-0.25, -0.2) is 4.79 Å². The number of aliphatic hydroxyl groups is 1. The molecule has 1 heterocycles. The van der Waals surface area contributed by atoms with E-state index < -0.39 is 0 Å². The van der Waals surface area contributed by atoms with E-state index in [0.717, 1.165) is 10.9 Å². The summed E-state index contributed by atoms with van der Waals surface area (Å²) in [4.78, 5) is 13.6. The Morgan fingerprint density at radius 2 is 2.40 bits per heavy atom. The highest BCUT2D eigenvalue weighted by molar-refractivity contribution is 5.81. The third-order valence-electron chi connectivity index (χ3n) is 2.04. The van der Waals surface area contributed by atoms with Crippen LogP contribution in [0.15, 0.2) is 29.4 Å². The largest absolute Gasteiger partial charge is 0.394 e. The molecule has 1 N–H and O–H groups in total. The molecular weight excluding hydrogens is 194 g/mol. The summed E-state index contributed by atoms with van der Waals surface area (Å²) in [5.41, 5.74) is 1.37. The van der Waals surface area contributed by atoms with E-state index in [1.807, 2.05) is 0 Å². The van der Waals surface area contributed by atoms with Crippen LogP contribution in [-0.4, -0.2) is 27.6 Å². The van der Waals surface area contributed by atoms with Crippen LogP contribution in [0.3, 0.4) is 0 Å². The summed E-state index contributed by atoms with van der Waals surface area (Å²) in [6.45, 7) is 0.508. The smallest absolute Gasteiger partial charge is 0.240 e. The lowest BCUT2D eigenvalue weighted by molar-refractivity contribution is 0.270. The summed E-state index contributed by atoms with van der Waals surface area (Å²) in [5, 5.41) is 13.9. The molecule has 0 unspecified atom stereocenters. The molecule has 2 rings (SSSR count). The summed E-state index contributed by atoms with van der Waals surface area (Å²) < 4.78 is 1.65. The Kier molecular flexibility index (Phi) is 2.58. The highest BCUT2D eigenvalue weighted by atomic mass is 16.3. The average Bonchev–Trinajstić information content (AvgIpc) is 2.60. The van der Waals surface area contributed by atoms with Gasteiger partial charge in [-0.1, -0.05) is 0 Å². The van der Waals surface area contributed by atoms with Crippen molar-refractivity contribution in [2.75, 3.05) is 6.61 Å². The zero-order valence-corrected chi connectivity index (χ0v) is 7.92. The van der Waals surface area contributed by atoms with Gasteiger partial charge < -0.3 is 5.11 Å². The second-order valence-electron chi connectivity index (χ2n) is 3.06. The molecular formula is C10H9N3O2. The van der Waals surface area contributed by atoms with E-state index in [1.54, 1.807) is 29.1 Å². The van der Waals surface area contributed by atoms with Gasteiger partial charge >= 0.3 is 0 Å². The Morgan fingerprint density at radius 3 is 3.13 bits per heavy atom. The molecule has 15 heavy (non-hydrogen) atoms. The lowest BCUT2D eigenvalue weighted by Gasteiger charge is -1.92. The minimum absolute atomic E-state index is 0.0489. The molecule has 76 valence electrons. The van der Waals surface area contributed by atoms with Gasteiger partial charge in [0.15, 0.2) is 0 Å². The molecule has 0 aliphatic rings. The maximum absolute atomic E-state index is 10.1. The number of rotatable bonds is 3. The zero-order chi connectivity index (χ0) is 10.7. The van der Waals surface area contributed by atoms with Gasteiger partial charge in [0.2, 0.25) is 6.08 Å². The maximum atomic E-state index is 10.1. The number of carbonyl (C=O) groups excluding carboxylic acids is 1. The normalized spacial score (nSPS) is 10.2. The van der Waals surface area contributed by atoms with Crippen molar-refractivity contribution in [2.45, 2.75) is 6.54 Å². The van der Waals surface area contributed by atoms with Gasteiger partial charge in [-0.15, -0.1) is 0 Å². The van der Waals surface area contributed by atoms with Gasteiger partial charge in [0.1, 0.15) is 0 Å². The number of nitrogens with zero attached hydrogens (tertiary/aromatic N) is 3. The summed E-state index contributed by atoms with van der Waals surface area (Å²) in [6.07, 6.45) is 3.29. The van der Waals surface area contributed by atoms with Gasteiger partial charge in [0, 0.05) is 11.6 Å². The first kappa shape index (κ1) is 9.58. The molecule has 5 nitrogen and oxygen atoms in total. The van der Waals surface area contributed by atoms with E-state index in [1.165, 1.54) is 6.08 Å². The number of isocyanates is 1. The van der Waals surface area contributed by atoms with E-state index in [4.69, 9.17) is 5.11 Å². The first-order valence-corrected chi connectivity index (χ1v) is 4.49. The fourth-order valence-corrected chi connectivity index (χ4v) is 1.40. The number of aromatic nitrogens is 2. The lowest BCUT2D eigenvalue weighted by atomic mass is 10.2. The van der Waals surface area contributed by atoms with Crippen molar-refractivity contribution in [1.82, 2.24) is 9.78 Å².